The van der Waals surface area contributed by atoms with Crippen LogP contribution in [0.5, 0.6) is 0 Å². The van der Waals surface area contributed by atoms with Crippen LogP contribution in [-0.2, 0) is 6.42 Å². The molecule has 1 aromatic heterocycles. The molecule has 108 valence electrons. The summed E-state index contributed by atoms with van der Waals surface area (Å²) in [4.78, 5) is 16.7. The average molecular weight is 347 g/mol. The highest BCUT2D eigenvalue weighted by Crippen LogP contribution is 2.31. The Kier molecular flexibility index (Phi) is 3.69. The molecule has 2 aromatic carbocycles. The van der Waals surface area contributed by atoms with Crippen LogP contribution in [0.25, 0.3) is 11.0 Å². The van der Waals surface area contributed by atoms with Crippen LogP contribution in [0.15, 0.2) is 45.7 Å². The van der Waals surface area contributed by atoms with Crippen LogP contribution in [0.1, 0.15) is 29.7 Å². The Morgan fingerprint density at radius 2 is 1.76 bits per heavy atom. The number of H-pyrrole nitrogens is 2. The topological polar surface area (TPSA) is 68.9 Å². The normalized spacial score (nSPS) is 12.7. The minimum absolute atomic E-state index is 0.254. The molecule has 0 aliphatic rings. The fourth-order valence-corrected chi connectivity index (χ4v) is 2.96. The van der Waals surface area contributed by atoms with E-state index in [1.807, 2.05) is 24.3 Å². The number of halogens is 1. The predicted octanol–water partition coefficient (Wildman–Crippen LogP) is 3.26. The summed E-state index contributed by atoms with van der Waals surface area (Å²) in [7, 11) is 0. The Balaban J connectivity index is 2.04. The van der Waals surface area contributed by atoms with E-state index in [0.29, 0.717) is 11.0 Å². The van der Waals surface area contributed by atoms with E-state index in [2.05, 4.69) is 32.8 Å². The van der Waals surface area contributed by atoms with Gasteiger partial charge < -0.3 is 15.1 Å². The molecule has 5 heteroatoms. The van der Waals surface area contributed by atoms with E-state index in [1.165, 1.54) is 5.56 Å². The maximum absolute atomic E-state index is 11.3. The van der Waals surface area contributed by atoms with E-state index in [-0.39, 0.29) is 5.69 Å². The minimum Gasteiger partial charge on any atom is -0.384 e. The number of fused-ring (bicyclic) bond motifs is 1. The number of aliphatic hydroxyl groups is 1. The molecule has 4 nitrogen and oxygen atoms in total. The number of hydrogen-bond donors (Lipinski definition) is 3. The molecule has 0 bridgehead atoms. The van der Waals surface area contributed by atoms with Crippen molar-refractivity contribution in [3.8, 4) is 0 Å². The zero-order valence-electron chi connectivity index (χ0n) is 11.5. The summed E-state index contributed by atoms with van der Waals surface area (Å²) >= 11 is 3.46. The lowest BCUT2D eigenvalue weighted by molar-refractivity contribution is 0.219. The fourth-order valence-electron chi connectivity index (χ4n) is 2.40. The summed E-state index contributed by atoms with van der Waals surface area (Å²) < 4.78 is 0.761. The van der Waals surface area contributed by atoms with Gasteiger partial charge in [-0.1, -0.05) is 47.1 Å². The number of imidazole rings is 1. The number of aryl methyl sites for hydroxylation is 1. The lowest BCUT2D eigenvalue weighted by Gasteiger charge is -2.14. The van der Waals surface area contributed by atoms with Gasteiger partial charge in [-0.25, -0.2) is 4.79 Å². The Bertz CT molecular complexity index is 834. The molecule has 3 aromatic rings. The van der Waals surface area contributed by atoms with Crippen molar-refractivity contribution < 1.29 is 5.11 Å². The van der Waals surface area contributed by atoms with Gasteiger partial charge in [0.05, 0.1) is 11.0 Å². The molecule has 0 aliphatic heterocycles. The molecule has 0 radical (unpaired) electrons. The van der Waals surface area contributed by atoms with Crippen LogP contribution in [0, 0.1) is 0 Å². The second kappa shape index (κ2) is 5.50. The summed E-state index contributed by atoms with van der Waals surface area (Å²) in [5.41, 5.74) is 3.92. The first kappa shape index (κ1) is 14.1. The van der Waals surface area contributed by atoms with E-state index in [9.17, 15) is 9.90 Å². The quantitative estimate of drug-likeness (QED) is 0.681. The van der Waals surface area contributed by atoms with E-state index in [1.54, 1.807) is 12.1 Å². The third-order valence-electron chi connectivity index (χ3n) is 3.63. The molecule has 0 spiro atoms. The van der Waals surface area contributed by atoms with Gasteiger partial charge in [-0.15, -0.1) is 0 Å². The van der Waals surface area contributed by atoms with Gasteiger partial charge in [-0.05, 0) is 29.7 Å². The van der Waals surface area contributed by atoms with Crippen molar-refractivity contribution in [3.05, 3.63) is 68.0 Å². The molecule has 3 rings (SSSR count). The number of aliphatic hydroxyl groups excluding tert-OH is 1. The highest BCUT2D eigenvalue weighted by molar-refractivity contribution is 9.10. The number of aromatic nitrogens is 2. The lowest BCUT2D eigenvalue weighted by atomic mass is 9.99. The van der Waals surface area contributed by atoms with Gasteiger partial charge in [0.2, 0.25) is 0 Å². The summed E-state index contributed by atoms with van der Waals surface area (Å²) in [5, 5.41) is 10.6. The van der Waals surface area contributed by atoms with Gasteiger partial charge in [0, 0.05) is 10.0 Å². The van der Waals surface area contributed by atoms with Crippen molar-refractivity contribution in [1.29, 1.82) is 0 Å². The number of hydrogen-bond acceptors (Lipinski definition) is 2. The highest BCUT2D eigenvalue weighted by atomic mass is 79.9. The molecular formula is C16H15BrN2O2. The second-order valence-corrected chi connectivity index (χ2v) is 5.85. The first-order valence-corrected chi connectivity index (χ1v) is 7.56. The smallest absolute Gasteiger partial charge is 0.323 e. The maximum Gasteiger partial charge on any atom is 0.323 e. The molecule has 0 saturated heterocycles. The summed E-state index contributed by atoms with van der Waals surface area (Å²) in [6, 6.07) is 11.5. The number of benzene rings is 2. The van der Waals surface area contributed by atoms with Crippen molar-refractivity contribution in [2.45, 2.75) is 19.4 Å². The molecule has 21 heavy (non-hydrogen) atoms. The van der Waals surface area contributed by atoms with Crippen molar-refractivity contribution in [1.82, 2.24) is 9.97 Å². The largest absolute Gasteiger partial charge is 0.384 e. The molecule has 0 aliphatic carbocycles. The van der Waals surface area contributed by atoms with Crippen molar-refractivity contribution in [2.24, 2.45) is 0 Å². The minimum atomic E-state index is -0.743. The van der Waals surface area contributed by atoms with Crippen LogP contribution >= 0.6 is 15.9 Å². The molecular weight excluding hydrogens is 332 g/mol. The van der Waals surface area contributed by atoms with E-state index >= 15 is 0 Å². The first-order valence-electron chi connectivity index (χ1n) is 6.77. The molecule has 0 amide bonds. The maximum atomic E-state index is 11.3. The second-order valence-electron chi connectivity index (χ2n) is 5.00. The Hall–Kier alpha value is -1.85. The van der Waals surface area contributed by atoms with Gasteiger partial charge in [-0.3, -0.25) is 0 Å². The molecule has 1 heterocycles. The molecule has 0 saturated carbocycles. The third-order valence-corrected chi connectivity index (χ3v) is 4.32. The van der Waals surface area contributed by atoms with Crippen LogP contribution in [0.3, 0.4) is 0 Å². The van der Waals surface area contributed by atoms with Crippen LogP contribution in [-0.4, -0.2) is 15.1 Å². The Morgan fingerprint density at radius 3 is 2.38 bits per heavy atom. The monoisotopic (exact) mass is 346 g/mol. The van der Waals surface area contributed by atoms with Gasteiger partial charge in [0.15, 0.2) is 0 Å². The van der Waals surface area contributed by atoms with Crippen LogP contribution in [0.4, 0.5) is 0 Å². The summed E-state index contributed by atoms with van der Waals surface area (Å²) in [6.45, 7) is 2.10. The first-order chi connectivity index (χ1) is 10.1. The molecule has 1 unspecified atom stereocenters. The molecule has 3 N–H and O–H groups in total. The van der Waals surface area contributed by atoms with E-state index < -0.39 is 6.10 Å². The van der Waals surface area contributed by atoms with Gasteiger partial charge >= 0.3 is 5.69 Å². The Labute approximate surface area is 130 Å². The summed E-state index contributed by atoms with van der Waals surface area (Å²) in [6.07, 6.45) is 0.226. The summed E-state index contributed by atoms with van der Waals surface area (Å²) in [5.74, 6) is 0. The highest BCUT2D eigenvalue weighted by Gasteiger charge is 2.15. The molecule has 1 atom stereocenters. The fraction of sp³-hybridized carbons (Fsp3) is 0.188. The standard InChI is InChI=1S/C16H15BrN2O2/c1-2-9-3-5-10(6-4-9)15(20)11-7-13-14(8-12(11)17)19-16(21)18-13/h3-8,15,20H,2H2,1H3,(H2,18,19,21). The van der Waals surface area contributed by atoms with Crippen molar-refractivity contribution >= 4 is 27.0 Å². The number of rotatable bonds is 3. The van der Waals surface area contributed by atoms with Crippen LogP contribution < -0.4 is 5.69 Å². The average Bonchev–Trinajstić information content (AvgIpc) is 2.85. The van der Waals surface area contributed by atoms with Crippen molar-refractivity contribution in [3.63, 3.8) is 0 Å². The third kappa shape index (κ3) is 2.66. The lowest BCUT2D eigenvalue weighted by Crippen LogP contribution is -2.01. The van der Waals surface area contributed by atoms with E-state index in [0.717, 1.165) is 22.0 Å². The van der Waals surface area contributed by atoms with Gasteiger partial charge in [-0.2, -0.15) is 0 Å². The SMILES string of the molecule is CCc1ccc(C(O)c2cc3[nH]c(=O)[nH]c3cc2Br)cc1. The van der Waals surface area contributed by atoms with Gasteiger partial charge in [0.25, 0.3) is 0 Å². The number of aromatic amines is 2. The molecule has 0 fully saturated rings. The van der Waals surface area contributed by atoms with Crippen LogP contribution in [0.2, 0.25) is 0 Å². The number of nitrogens with one attached hydrogen (secondary N) is 2. The Morgan fingerprint density at radius 1 is 1.14 bits per heavy atom. The zero-order valence-corrected chi connectivity index (χ0v) is 13.1. The van der Waals surface area contributed by atoms with Gasteiger partial charge in [0.1, 0.15) is 6.10 Å². The van der Waals surface area contributed by atoms with E-state index in [4.69, 9.17) is 0 Å². The van der Waals surface area contributed by atoms with Crippen molar-refractivity contribution in [2.75, 3.05) is 0 Å². The zero-order chi connectivity index (χ0) is 15.0. The predicted molar refractivity (Wildman–Crippen MR) is 86.5 cm³/mol.